The molecule has 0 aromatic heterocycles. The predicted molar refractivity (Wildman–Crippen MR) is 172 cm³/mol. The van der Waals surface area contributed by atoms with Crippen molar-refractivity contribution in [3.63, 3.8) is 0 Å². The number of nitrogens with one attached hydrogen (secondary N) is 2. The molecule has 2 amide bonds. The zero-order chi connectivity index (χ0) is 35.7. The smallest absolute Gasteiger partial charge is 0.407 e. The number of ether oxygens (including phenoxy) is 6. The van der Waals surface area contributed by atoms with E-state index in [1.54, 1.807) is 13.0 Å². The van der Waals surface area contributed by atoms with Crippen LogP contribution in [0, 0.1) is 28.1 Å². The normalized spacial score (nSPS) is 40.6. The highest BCUT2D eigenvalue weighted by molar-refractivity contribution is 5.91. The Morgan fingerprint density at radius 1 is 1.06 bits per heavy atom. The molecule has 1 aromatic carbocycles. The summed E-state index contributed by atoms with van der Waals surface area (Å²) in [6.45, 7) is 8.99. The molecule has 0 unspecified atom stereocenters. The first-order chi connectivity index (χ1) is 23.7. The number of esters is 2. The lowest BCUT2D eigenvalue weighted by molar-refractivity contribution is -0.238. The number of amides is 2. The summed E-state index contributed by atoms with van der Waals surface area (Å²) < 4.78 is 35.2. The lowest BCUT2D eigenvalue weighted by Crippen LogP contribution is -2.66. The van der Waals surface area contributed by atoms with E-state index >= 15 is 0 Å². The molecule has 2 saturated carbocycles. The third-order valence-corrected chi connectivity index (χ3v) is 12.2. The van der Waals surface area contributed by atoms with Gasteiger partial charge in [0.15, 0.2) is 6.10 Å². The quantitative estimate of drug-likeness (QED) is 0.113. The van der Waals surface area contributed by atoms with Crippen molar-refractivity contribution in [3.8, 4) is 0 Å². The number of hydrogen-bond donors (Lipinski definition) is 4. The van der Waals surface area contributed by atoms with Crippen molar-refractivity contribution in [2.24, 2.45) is 28.1 Å². The molecule has 4 N–H and O–H groups in total. The van der Waals surface area contributed by atoms with Gasteiger partial charge in [-0.25, -0.2) is 14.4 Å². The van der Waals surface area contributed by atoms with Gasteiger partial charge < -0.3 is 49.3 Å². The second-order valence-electron chi connectivity index (χ2n) is 15.4. The van der Waals surface area contributed by atoms with Gasteiger partial charge in [0.05, 0.1) is 36.3 Å². The lowest BCUT2D eigenvalue weighted by atomic mass is 9.51. The predicted octanol–water partition coefficient (Wildman–Crippen LogP) is 1.51. The number of benzene rings is 1. The van der Waals surface area contributed by atoms with Gasteiger partial charge in [-0.1, -0.05) is 64.1 Å². The van der Waals surface area contributed by atoms with Gasteiger partial charge in [0, 0.05) is 19.0 Å². The maximum absolute atomic E-state index is 13.9. The SMILES string of the molecule is C[C@@H]1[C@H](C/C=C/C(=O)NCCOCCNC(=O)OCc2ccccc2)O[C@@H]2C[C@]34[C@@H]5C[C@@H](C(C)(C)C)[C@@]36[C@H](OC(=O)[C@@H]6O)O[C@]4(C(=O)O5)[C@]12O. The molecule has 6 fully saturated rings. The number of carbonyl (C=O) groups is 4. The Hall–Kier alpha value is -3.56. The summed E-state index contributed by atoms with van der Waals surface area (Å²) >= 11 is 0. The Labute approximate surface area is 290 Å². The summed E-state index contributed by atoms with van der Waals surface area (Å²) in [5.41, 5.74) is -5.79. The van der Waals surface area contributed by atoms with Crippen molar-refractivity contribution < 1.29 is 57.8 Å². The van der Waals surface area contributed by atoms with Gasteiger partial charge >= 0.3 is 18.0 Å². The molecule has 14 nitrogen and oxygen atoms in total. The fourth-order valence-electron chi connectivity index (χ4n) is 10.3. The molecule has 11 atom stereocenters. The van der Waals surface area contributed by atoms with Gasteiger partial charge in [0.1, 0.15) is 18.3 Å². The van der Waals surface area contributed by atoms with Crippen LogP contribution in [0.25, 0.3) is 0 Å². The van der Waals surface area contributed by atoms with E-state index in [9.17, 15) is 29.4 Å². The second-order valence-corrected chi connectivity index (χ2v) is 15.4. The summed E-state index contributed by atoms with van der Waals surface area (Å²) in [4.78, 5) is 51.1. The van der Waals surface area contributed by atoms with Crippen LogP contribution in [0.5, 0.6) is 0 Å². The highest BCUT2D eigenvalue weighted by atomic mass is 16.8. The topological polar surface area (TPSA) is 188 Å². The van der Waals surface area contributed by atoms with Gasteiger partial charge in [0.25, 0.3) is 0 Å². The summed E-state index contributed by atoms with van der Waals surface area (Å²) in [7, 11) is 0. The number of carbonyl (C=O) groups excluding carboxylic acids is 4. The first-order valence-corrected chi connectivity index (χ1v) is 17.4. The molecule has 14 heteroatoms. The van der Waals surface area contributed by atoms with Crippen molar-refractivity contribution in [1.29, 1.82) is 0 Å². The lowest BCUT2D eigenvalue weighted by Gasteiger charge is -2.47. The molecular weight excluding hydrogens is 652 g/mol. The van der Waals surface area contributed by atoms with E-state index in [4.69, 9.17) is 28.4 Å². The Morgan fingerprint density at radius 2 is 1.78 bits per heavy atom. The average molecular weight is 699 g/mol. The number of aliphatic hydroxyl groups excluding tert-OH is 1. The van der Waals surface area contributed by atoms with Crippen LogP contribution in [0.15, 0.2) is 42.5 Å². The van der Waals surface area contributed by atoms with Gasteiger partial charge in [-0.05, 0) is 42.2 Å². The number of alkyl carbamates (subject to hydrolysis) is 1. The summed E-state index contributed by atoms with van der Waals surface area (Å²) in [5.74, 6) is -2.81. The number of aliphatic hydroxyl groups is 2. The maximum Gasteiger partial charge on any atom is 0.407 e. The second kappa shape index (κ2) is 12.3. The van der Waals surface area contributed by atoms with Crippen LogP contribution < -0.4 is 10.6 Å². The molecule has 1 aromatic rings. The van der Waals surface area contributed by atoms with E-state index in [0.717, 1.165) is 5.56 Å². The molecule has 6 aliphatic rings. The Morgan fingerprint density at radius 3 is 2.50 bits per heavy atom. The summed E-state index contributed by atoms with van der Waals surface area (Å²) in [6.07, 6.45) is -1.55. The van der Waals surface area contributed by atoms with Crippen molar-refractivity contribution in [1.82, 2.24) is 10.6 Å². The zero-order valence-corrected chi connectivity index (χ0v) is 28.7. The van der Waals surface area contributed by atoms with Crippen molar-refractivity contribution >= 4 is 23.9 Å². The van der Waals surface area contributed by atoms with Gasteiger partial charge in [0.2, 0.25) is 17.8 Å². The van der Waals surface area contributed by atoms with E-state index in [1.165, 1.54) is 6.08 Å². The number of hydrogen-bond acceptors (Lipinski definition) is 12. The molecule has 0 bridgehead atoms. The van der Waals surface area contributed by atoms with Crippen molar-refractivity contribution in [3.05, 3.63) is 48.0 Å². The van der Waals surface area contributed by atoms with E-state index < -0.39 is 82.1 Å². The van der Waals surface area contributed by atoms with Crippen LogP contribution in [-0.2, 0) is 49.4 Å². The first kappa shape index (κ1) is 34.9. The average Bonchev–Trinajstić information content (AvgIpc) is 3.79. The Balaban J connectivity index is 0.917. The fraction of sp³-hybridized carbons (Fsp3) is 0.667. The monoisotopic (exact) mass is 698 g/mol. The van der Waals surface area contributed by atoms with Crippen LogP contribution in [0.2, 0.25) is 0 Å². The van der Waals surface area contributed by atoms with Crippen LogP contribution in [0.4, 0.5) is 4.79 Å². The van der Waals surface area contributed by atoms with Gasteiger partial charge in [-0.3, -0.25) is 4.79 Å². The van der Waals surface area contributed by atoms with Crippen LogP contribution >= 0.6 is 0 Å². The molecular formula is C36H46N2O12. The third-order valence-electron chi connectivity index (χ3n) is 12.2. The molecule has 4 aliphatic heterocycles. The molecule has 2 aliphatic carbocycles. The Kier molecular flexibility index (Phi) is 8.57. The molecule has 2 spiro atoms. The molecule has 0 radical (unpaired) electrons. The summed E-state index contributed by atoms with van der Waals surface area (Å²) in [5, 5.41) is 29.5. The van der Waals surface area contributed by atoms with E-state index in [2.05, 4.69) is 10.6 Å². The van der Waals surface area contributed by atoms with Gasteiger partial charge in [-0.15, -0.1) is 0 Å². The number of fused-ring (bicyclic) bond motifs is 1. The zero-order valence-electron chi connectivity index (χ0n) is 28.7. The van der Waals surface area contributed by atoms with Crippen LogP contribution in [-0.4, -0.2) is 102 Å². The minimum atomic E-state index is -1.89. The first-order valence-electron chi connectivity index (χ1n) is 17.4. The highest BCUT2D eigenvalue weighted by Crippen LogP contribution is 2.84. The van der Waals surface area contributed by atoms with E-state index in [0.29, 0.717) is 6.42 Å². The molecule has 7 rings (SSSR count). The maximum atomic E-state index is 13.9. The fourth-order valence-corrected chi connectivity index (χ4v) is 10.3. The number of rotatable bonds is 11. The molecule has 272 valence electrons. The Bertz CT molecular complexity index is 1560. The van der Waals surface area contributed by atoms with Crippen molar-refractivity contribution in [2.45, 2.75) is 95.5 Å². The van der Waals surface area contributed by atoms with Crippen LogP contribution in [0.3, 0.4) is 0 Å². The largest absolute Gasteiger partial charge is 0.459 e. The van der Waals surface area contributed by atoms with E-state index in [1.807, 2.05) is 51.1 Å². The van der Waals surface area contributed by atoms with Crippen LogP contribution in [0.1, 0.15) is 52.5 Å². The summed E-state index contributed by atoms with van der Waals surface area (Å²) in [6, 6.07) is 9.34. The van der Waals surface area contributed by atoms with E-state index in [-0.39, 0.29) is 57.6 Å². The molecule has 4 saturated heterocycles. The molecule has 50 heavy (non-hydrogen) atoms. The van der Waals surface area contributed by atoms with Crippen molar-refractivity contribution in [2.75, 3.05) is 26.3 Å². The standard InChI is InChI=1S/C36H46N2O12/c1-20-22(11-8-12-26(39)37-13-15-45-16-14-38-31(43)46-19-21-9-6-5-7-10-21)47-25-18-33-24-17-23(32(2,3)4)34(33)27(40)28(41)49-30(34)50-36(33,29(42)48-24)35(20,25)44/h5-10,12,20,22-25,27,30,40,44H,11,13-19H2,1-4H3,(H,37,39)(H,38,43)/b12-8+/t20-,22+,23+,24+,25-,27+,30-,33+,34-,35+,36+/m1/s1. The highest BCUT2D eigenvalue weighted by Gasteiger charge is 3.00. The minimum Gasteiger partial charge on any atom is -0.459 e. The third kappa shape index (κ3) is 4.64. The molecule has 4 heterocycles. The van der Waals surface area contributed by atoms with Gasteiger partial charge in [-0.2, -0.15) is 0 Å². The minimum absolute atomic E-state index is 0.145.